The lowest BCUT2D eigenvalue weighted by atomic mass is 10.2. The predicted molar refractivity (Wildman–Crippen MR) is 84.7 cm³/mol. The molecular formula is C16H18BrFN2O. The summed E-state index contributed by atoms with van der Waals surface area (Å²) < 4.78 is 19.9. The molecule has 1 N–H and O–H groups in total. The zero-order chi connectivity index (χ0) is 15.1. The monoisotopic (exact) mass is 352 g/mol. The Labute approximate surface area is 132 Å². The number of aromatic nitrogens is 1. The van der Waals surface area contributed by atoms with Gasteiger partial charge in [0.05, 0.1) is 11.9 Å². The SMILES string of the molecule is CCCNCc1ccc(OCc2ccc(Br)cc2F)cn1. The highest BCUT2D eigenvalue weighted by Crippen LogP contribution is 2.17. The molecule has 3 nitrogen and oxygen atoms in total. The highest BCUT2D eigenvalue weighted by atomic mass is 79.9. The van der Waals surface area contributed by atoms with E-state index >= 15 is 0 Å². The van der Waals surface area contributed by atoms with E-state index in [4.69, 9.17) is 4.74 Å². The number of hydrogen-bond acceptors (Lipinski definition) is 3. The van der Waals surface area contributed by atoms with E-state index in [1.165, 1.54) is 6.07 Å². The van der Waals surface area contributed by atoms with E-state index < -0.39 is 0 Å². The van der Waals surface area contributed by atoms with E-state index in [1.54, 1.807) is 18.3 Å². The zero-order valence-corrected chi connectivity index (χ0v) is 13.5. The molecule has 112 valence electrons. The van der Waals surface area contributed by atoms with E-state index in [1.807, 2.05) is 12.1 Å². The summed E-state index contributed by atoms with van der Waals surface area (Å²) in [6.07, 6.45) is 2.76. The molecule has 1 aromatic heterocycles. The molecule has 0 aliphatic heterocycles. The van der Waals surface area contributed by atoms with Gasteiger partial charge in [0.15, 0.2) is 0 Å². The molecule has 0 saturated heterocycles. The van der Waals surface area contributed by atoms with Crippen molar-refractivity contribution in [3.63, 3.8) is 0 Å². The van der Waals surface area contributed by atoms with Crippen molar-refractivity contribution in [1.29, 1.82) is 0 Å². The van der Waals surface area contributed by atoms with Crippen molar-refractivity contribution in [3.05, 3.63) is 58.1 Å². The summed E-state index contributed by atoms with van der Waals surface area (Å²) in [5.74, 6) is 0.356. The van der Waals surface area contributed by atoms with Crippen LogP contribution < -0.4 is 10.1 Å². The van der Waals surface area contributed by atoms with Gasteiger partial charge in [0.2, 0.25) is 0 Å². The molecule has 0 atom stereocenters. The number of benzene rings is 1. The maximum absolute atomic E-state index is 13.7. The van der Waals surface area contributed by atoms with Crippen LogP contribution in [0.2, 0.25) is 0 Å². The normalized spacial score (nSPS) is 10.6. The maximum atomic E-state index is 13.7. The molecule has 0 radical (unpaired) electrons. The third kappa shape index (κ3) is 5.10. The number of nitrogens with one attached hydrogen (secondary N) is 1. The molecule has 1 aromatic carbocycles. The van der Waals surface area contributed by atoms with Gasteiger partial charge in [0.1, 0.15) is 18.2 Å². The Kier molecular flexibility index (Phi) is 6.14. The molecule has 1 heterocycles. The average Bonchev–Trinajstić information content (AvgIpc) is 2.48. The summed E-state index contributed by atoms with van der Waals surface area (Å²) in [6.45, 7) is 4.03. The summed E-state index contributed by atoms with van der Waals surface area (Å²) in [5, 5.41) is 3.28. The van der Waals surface area contributed by atoms with Gasteiger partial charge in [-0.25, -0.2) is 4.39 Å². The van der Waals surface area contributed by atoms with E-state index in [0.29, 0.717) is 15.8 Å². The van der Waals surface area contributed by atoms with E-state index in [0.717, 1.165) is 25.2 Å². The molecule has 2 rings (SSSR count). The Morgan fingerprint density at radius 1 is 1.29 bits per heavy atom. The largest absolute Gasteiger partial charge is 0.487 e. The summed E-state index contributed by atoms with van der Waals surface area (Å²) in [7, 11) is 0. The van der Waals surface area contributed by atoms with Crippen molar-refractivity contribution < 1.29 is 9.13 Å². The van der Waals surface area contributed by atoms with Crippen molar-refractivity contribution in [2.45, 2.75) is 26.5 Å². The molecular weight excluding hydrogens is 335 g/mol. The van der Waals surface area contributed by atoms with Crippen LogP contribution in [-0.4, -0.2) is 11.5 Å². The Hall–Kier alpha value is -1.46. The number of hydrogen-bond donors (Lipinski definition) is 1. The van der Waals surface area contributed by atoms with Crippen LogP contribution in [0.4, 0.5) is 4.39 Å². The second-order valence-electron chi connectivity index (χ2n) is 4.69. The lowest BCUT2D eigenvalue weighted by Crippen LogP contribution is -2.14. The topological polar surface area (TPSA) is 34.1 Å². The fourth-order valence-corrected chi connectivity index (χ4v) is 2.13. The van der Waals surface area contributed by atoms with Gasteiger partial charge in [-0.05, 0) is 37.2 Å². The molecule has 0 aliphatic carbocycles. The fraction of sp³-hybridized carbons (Fsp3) is 0.312. The lowest BCUT2D eigenvalue weighted by molar-refractivity contribution is 0.298. The third-order valence-electron chi connectivity index (χ3n) is 2.94. The predicted octanol–water partition coefficient (Wildman–Crippen LogP) is 4.06. The molecule has 5 heteroatoms. The average molecular weight is 353 g/mol. The standard InChI is InChI=1S/C16H18BrFN2O/c1-2-7-19-9-14-5-6-15(10-20-14)21-11-12-3-4-13(17)8-16(12)18/h3-6,8,10,19H,2,7,9,11H2,1H3. The van der Waals surface area contributed by atoms with Gasteiger partial charge in [-0.2, -0.15) is 0 Å². The van der Waals surface area contributed by atoms with Gasteiger partial charge in [-0.1, -0.05) is 28.9 Å². The molecule has 2 aromatic rings. The van der Waals surface area contributed by atoms with E-state index in [2.05, 4.69) is 33.2 Å². The smallest absolute Gasteiger partial charge is 0.138 e. The van der Waals surface area contributed by atoms with Crippen LogP contribution in [-0.2, 0) is 13.2 Å². The van der Waals surface area contributed by atoms with Crippen molar-refractivity contribution in [3.8, 4) is 5.75 Å². The van der Waals surface area contributed by atoms with Crippen LogP contribution in [0.3, 0.4) is 0 Å². The second kappa shape index (κ2) is 8.10. The molecule has 0 amide bonds. The van der Waals surface area contributed by atoms with Crippen LogP contribution in [0.1, 0.15) is 24.6 Å². The highest BCUT2D eigenvalue weighted by Gasteiger charge is 2.04. The van der Waals surface area contributed by atoms with Gasteiger partial charge < -0.3 is 10.1 Å². The first-order chi connectivity index (χ1) is 10.2. The number of ether oxygens (including phenoxy) is 1. The minimum atomic E-state index is -0.280. The fourth-order valence-electron chi connectivity index (χ4n) is 1.79. The van der Waals surface area contributed by atoms with Gasteiger partial charge in [0.25, 0.3) is 0 Å². The summed E-state index contributed by atoms with van der Waals surface area (Å²) >= 11 is 3.23. The van der Waals surface area contributed by atoms with Crippen molar-refractivity contribution in [1.82, 2.24) is 10.3 Å². The summed E-state index contributed by atoms with van der Waals surface area (Å²) in [6, 6.07) is 8.69. The Balaban J connectivity index is 1.88. The minimum absolute atomic E-state index is 0.189. The van der Waals surface area contributed by atoms with Crippen molar-refractivity contribution in [2.24, 2.45) is 0 Å². The van der Waals surface area contributed by atoms with Crippen LogP contribution in [0.5, 0.6) is 5.75 Å². The van der Waals surface area contributed by atoms with Crippen molar-refractivity contribution in [2.75, 3.05) is 6.54 Å². The van der Waals surface area contributed by atoms with Gasteiger partial charge in [0, 0.05) is 16.6 Å². The molecule has 0 aliphatic rings. The third-order valence-corrected chi connectivity index (χ3v) is 3.43. The zero-order valence-electron chi connectivity index (χ0n) is 11.9. The summed E-state index contributed by atoms with van der Waals surface area (Å²) in [5.41, 5.74) is 1.48. The Morgan fingerprint density at radius 2 is 2.14 bits per heavy atom. The molecule has 0 unspecified atom stereocenters. The van der Waals surface area contributed by atoms with Gasteiger partial charge in [-0.3, -0.25) is 4.98 Å². The van der Waals surface area contributed by atoms with Crippen molar-refractivity contribution >= 4 is 15.9 Å². The number of rotatable bonds is 7. The van der Waals surface area contributed by atoms with Crippen LogP contribution in [0, 0.1) is 5.82 Å². The minimum Gasteiger partial charge on any atom is -0.487 e. The quantitative estimate of drug-likeness (QED) is 0.763. The lowest BCUT2D eigenvalue weighted by Gasteiger charge is -2.08. The second-order valence-corrected chi connectivity index (χ2v) is 5.60. The molecule has 0 bridgehead atoms. The first kappa shape index (κ1) is 15.9. The molecule has 0 saturated carbocycles. The van der Waals surface area contributed by atoms with Crippen LogP contribution in [0.25, 0.3) is 0 Å². The van der Waals surface area contributed by atoms with E-state index in [-0.39, 0.29) is 12.4 Å². The summed E-state index contributed by atoms with van der Waals surface area (Å²) in [4.78, 5) is 4.31. The first-order valence-corrected chi connectivity index (χ1v) is 7.70. The number of halogens is 2. The maximum Gasteiger partial charge on any atom is 0.138 e. The molecule has 0 fully saturated rings. The van der Waals surface area contributed by atoms with Crippen LogP contribution in [0.15, 0.2) is 41.0 Å². The van der Waals surface area contributed by atoms with Gasteiger partial charge in [-0.15, -0.1) is 0 Å². The Bertz CT molecular complexity index is 575. The number of nitrogens with zero attached hydrogens (tertiary/aromatic N) is 1. The first-order valence-electron chi connectivity index (χ1n) is 6.91. The highest BCUT2D eigenvalue weighted by molar-refractivity contribution is 9.10. The van der Waals surface area contributed by atoms with Gasteiger partial charge >= 0.3 is 0 Å². The van der Waals surface area contributed by atoms with E-state index in [9.17, 15) is 4.39 Å². The number of pyridine rings is 1. The Morgan fingerprint density at radius 3 is 2.81 bits per heavy atom. The molecule has 0 spiro atoms. The molecule has 21 heavy (non-hydrogen) atoms. The van der Waals surface area contributed by atoms with Crippen LogP contribution >= 0.6 is 15.9 Å².